The van der Waals surface area contributed by atoms with E-state index in [1.807, 2.05) is 0 Å². The molecule has 5 nitrogen and oxygen atoms in total. The number of carbonyl (C=O) groups is 2. The fraction of sp³-hybridized carbons (Fsp3) is 0.368. The van der Waals surface area contributed by atoms with Crippen molar-refractivity contribution in [1.29, 1.82) is 0 Å². The van der Waals surface area contributed by atoms with E-state index < -0.39 is 23.6 Å². The molecule has 1 aromatic rings. The molecule has 0 radical (unpaired) electrons. The van der Waals surface area contributed by atoms with Crippen molar-refractivity contribution in [1.82, 2.24) is 0 Å². The number of nitrogens with two attached hydrogens (primary N) is 1. The Labute approximate surface area is 153 Å². The van der Waals surface area contributed by atoms with E-state index in [9.17, 15) is 22.8 Å². The fourth-order valence-corrected chi connectivity index (χ4v) is 3.36. The van der Waals surface area contributed by atoms with Gasteiger partial charge in [-0.3, -0.25) is 4.79 Å². The minimum Gasteiger partial charge on any atom is -0.462 e. The summed E-state index contributed by atoms with van der Waals surface area (Å²) >= 11 is 0. The zero-order valence-corrected chi connectivity index (χ0v) is 14.6. The largest absolute Gasteiger partial charge is 0.462 e. The van der Waals surface area contributed by atoms with Crippen LogP contribution in [0.4, 0.5) is 13.2 Å². The van der Waals surface area contributed by atoms with E-state index in [1.54, 1.807) is 6.92 Å². The van der Waals surface area contributed by atoms with Gasteiger partial charge in [0.2, 0.25) is 5.88 Å². The fourth-order valence-electron chi connectivity index (χ4n) is 3.36. The Balaban J connectivity index is 2.12. The van der Waals surface area contributed by atoms with Crippen molar-refractivity contribution >= 4 is 11.8 Å². The number of hydrogen-bond donors (Lipinski definition) is 1. The molecule has 27 heavy (non-hydrogen) atoms. The molecule has 0 aromatic heterocycles. The molecule has 1 heterocycles. The summed E-state index contributed by atoms with van der Waals surface area (Å²) in [5, 5.41) is 0. The first-order chi connectivity index (χ1) is 12.7. The van der Waals surface area contributed by atoms with Gasteiger partial charge in [0.25, 0.3) is 0 Å². The first kappa shape index (κ1) is 19.0. The van der Waals surface area contributed by atoms with E-state index in [0.717, 1.165) is 12.1 Å². The Bertz CT molecular complexity index is 838. The molecular formula is C19H18F3NO4. The molecule has 0 saturated heterocycles. The lowest BCUT2D eigenvalue weighted by Crippen LogP contribution is -2.31. The van der Waals surface area contributed by atoms with Crippen molar-refractivity contribution < 1.29 is 32.2 Å². The molecule has 0 spiro atoms. The smallest absolute Gasteiger partial charge is 0.416 e. The van der Waals surface area contributed by atoms with Gasteiger partial charge in [0.05, 0.1) is 18.1 Å². The van der Waals surface area contributed by atoms with Gasteiger partial charge in [-0.15, -0.1) is 0 Å². The molecule has 144 valence electrons. The van der Waals surface area contributed by atoms with E-state index in [4.69, 9.17) is 15.2 Å². The van der Waals surface area contributed by atoms with Gasteiger partial charge in [-0.2, -0.15) is 13.2 Å². The molecule has 1 aliphatic heterocycles. The first-order valence-electron chi connectivity index (χ1n) is 8.52. The number of rotatable bonds is 3. The molecule has 1 atom stereocenters. The minimum atomic E-state index is -4.49. The lowest BCUT2D eigenvalue weighted by Gasteiger charge is -2.32. The van der Waals surface area contributed by atoms with E-state index in [1.165, 1.54) is 12.1 Å². The van der Waals surface area contributed by atoms with Gasteiger partial charge in [-0.25, -0.2) is 4.79 Å². The Morgan fingerprint density at radius 2 is 1.93 bits per heavy atom. The van der Waals surface area contributed by atoms with Crippen molar-refractivity contribution in [2.75, 3.05) is 6.61 Å². The van der Waals surface area contributed by atoms with Crippen molar-refractivity contribution in [2.24, 2.45) is 5.73 Å². The number of ether oxygens (including phenoxy) is 2. The second-order valence-corrected chi connectivity index (χ2v) is 6.27. The third-order valence-electron chi connectivity index (χ3n) is 4.55. The number of hydrogen-bond acceptors (Lipinski definition) is 5. The number of ketones is 1. The highest BCUT2D eigenvalue weighted by atomic mass is 19.4. The highest BCUT2D eigenvalue weighted by Crippen LogP contribution is 2.44. The summed E-state index contributed by atoms with van der Waals surface area (Å²) in [5.41, 5.74) is 5.64. The van der Waals surface area contributed by atoms with Crippen LogP contribution in [0.3, 0.4) is 0 Å². The van der Waals surface area contributed by atoms with Crippen LogP contribution in [0.5, 0.6) is 0 Å². The quantitative estimate of drug-likeness (QED) is 0.810. The molecule has 2 aliphatic rings. The zero-order chi connectivity index (χ0) is 19.8. The predicted octanol–water partition coefficient (Wildman–Crippen LogP) is 3.56. The second kappa shape index (κ2) is 7.09. The topological polar surface area (TPSA) is 78.6 Å². The molecular weight excluding hydrogens is 363 g/mol. The molecule has 1 aliphatic carbocycles. The van der Waals surface area contributed by atoms with Crippen LogP contribution in [0.25, 0.3) is 0 Å². The predicted molar refractivity (Wildman–Crippen MR) is 89.0 cm³/mol. The van der Waals surface area contributed by atoms with Crippen LogP contribution in [-0.4, -0.2) is 18.4 Å². The summed E-state index contributed by atoms with van der Waals surface area (Å²) < 4.78 is 49.2. The number of halogens is 3. The van der Waals surface area contributed by atoms with E-state index >= 15 is 0 Å². The summed E-state index contributed by atoms with van der Waals surface area (Å²) in [6.45, 7) is 1.69. The minimum absolute atomic E-state index is 0.0643. The maximum atomic E-state index is 12.9. The van der Waals surface area contributed by atoms with E-state index in [0.29, 0.717) is 24.2 Å². The number of alkyl halides is 3. The summed E-state index contributed by atoms with van der Waals surface area (Å²) in [7, 11) is 0. The Morgan fingerprint density at radius 3 is 2.52 bits per heavy atom. The Kier molecular flexibility index (Phi) is 4.99. The van der Waals surface area contributed by atoms with Gasteiger partial charge < -0.3 is 15.2 Å². The van der Waals surface area contributed by atoms with Gasteiger partial charge >= 0.3 is 12.1 Å². The highest BCUT2D eigenvalue weighted by Gasteiger charge is 2.41. The highest BCUT2D eigenvalue weighted by molar-refractivity contribution is 6.03. The van der Waals surface area contributed by atoms with Crippen LogP contribution >= 0.6 is 0 Å². The van der Waals surface area contributed by atoms with Crippen LogP contribution in [0.15, 0.2) is 47.1 Å². The van der Waals surface area contributed by atoms with Gasteiger partial charge in [-0.05, 0) is 31.0 Å². The molecule has 0 amide bonds. The number of Topliss-reactive ketones (excluding diaryl/α,β-unsaturated/α-hetero) is 1. The number of carbonyl (C=O) groups excluding carboxylic acids is 2. The summed E-state index contributed by atoms with van der Waals surface area (Å²) in [6, 6.07) is 4.32. The third-order valence-corrected chi connectivity index (χ3v) is 4.55. The maximum Gasteiger partial charge on any atom is 0.416 e. The van der Waals surface area contributed by atoms with Crippen molar-refractivity contribution in [3.05, 3.63) is 58.2 Å². The summed E-state index contributed by atoms with van der Waals surface area (Å²) in [6.07, 6.45) is -3.16. The lowest BCUT2D eigenvalue weighted by molar-refractivity contribution is -0.139. The molecule has 1 unspecified atom stereocenters. The Morgan fingerprint density at radius 1 is 1.26 bits per heavy atom. The van der Waals surface area contributed by atoms with Crippen molar-refractivity contribution in [2.45, 2.75) is 38.3 Å². The van der Waals surface area contributed by atoms with Gasteiger partial charge in [-0.1, -0.05) is 12.1 Å². The number of benzene rings is 1. The Hall–Kier alpha value is -2.77. The van der Waals surface area contributed by atoms with E-state index in [2.05, 4.69) is 0 Å². The van der Waals surface area contributed by atoms with Crippen LogP contribution < -0.4 is 5.73 Å². The van der Waals surface area contributed by atoms with Gasteiger partial charge in [0, 0.05) is 18.4 Å². The average molecular weight is 381 g/mol. The first-order valence-corrected chi connectivity index (χ1v) is 8.52. The van der Waals surface area contributed by atoms with Crippen LogP contribution in [0.2, 0.25) is 0 Å². The van der Waals surface area contributed by atoms with Crippen molar-refractivity contribution in [3.63, 3.8) is 0 Å². The van der Waals surface area contributed by atoms with Crippen LogP contribution in [0, 0.1) is 0 Å². The zero-order valence-electron chi connectivity index (χ0n) is 14.6. The van der Waals surface area contributed by atoms with Crippen LogP contribution in [-0.2, 0) is 25.2 Å². The lowest BCUT2D eigenvalue weighted by atomic mass is 9.77. The molecule has 0 saturated carbocycles. The van der Waals surface area contributed by atoms with Gasteiger partial charge in [0.1, 0.15) is 11.3 Å². The third kappa shape index (κ3) is 3.56. The average Bonchev–Trinajstić information content (AvgIpc) is 2.60. The standard InChI is InChI=1S/C19H18F3NO4/c1-2-26-18(25)16-14(10-6-8-11(9-7-10)19(20,21)22)15-12(24)4-3-5-13(15)27-17(16)23/h6-9,14H,2-5,23H2,1H3. The number of allylic oxidation sites excluding steroid dienone is 2. The van der Waals surface area contributed by atoms with E-state index in [-0.39, 0.29) is 35.8 Å². The monoisotopic (exact) mass is 381 g/mol. The molecule has 0 bridgehead atoms. The molecule has 0 fully saturated rings. The SMILES string of the molecule is CCOC(=O)C1=C(N)OC2=C(C(=O)CCC2)C1c1ccc(C(F)(F)F)cc1. The number of esters is 1. The summed E-state index contributed by atoms with van der Waals surface area (Å²) in [4.78, 5) is 25.0. The molecule has 1 aromatic carbocycles. The maximum absolute atomic E-state index is 12.9. The molecule has 3 rings (SSSR count). The second-order valence-electron chi connectivity index (χ2n) is 6.27. The van der Waals surface area contributed by atoms with Crippen molar-refractivity contribution in [3.8, 4) is 0 Å². The molecule has 2 N–H and O–H groups in total. The summed E-state index contributed by atoms with van der Waals surface area (Å²) in [5.74, 6) is -1.71. The van der Waals surface area contributed by atoms with Crippen LogP contribution in [0.1, 0.15) is 43.2 Å². The molecule has 8 heteroatoms. The normalized spacial score (nSPS) is 20.3. The van der Waals surface area contributed by atoms with Gasteiger partial charge in [0.15, 0.2) is 5.78 Å².